The van der Waals surface area contributed by atoms with Gasteiger partial charge in [-0.05, 0) is 0 Å². The molecule has 0 saturated heterocycles. The van der Waals surface area contributed by atoms with Gasteiger partial charge in [-0.3, -0.25) is 9.89 Å². The van der Waals surface area contributed by atoms with E-state index in [9.17, 15) is 4.79 Å². The van der Waals surface area contributed by atoms with Gasteiger partial charge in [0.2, 0.25) is 0 Å². The Morgan fingerprint density at radius 3 is 3.00 bits per heavy atom. The quantitative estimate of drug-likeness (QED) is 0.531. The number of aromatic nitrogens is 2. The lowest BCUT2D eigenvalue weighted by Crippen LogP contribution is -1.90. The summed E-state index contributed by atoms with van der Waals surface area (Å²) in [7, 11) is 0. The SMILES string of the molecule is CC(=O)c1[c]c[nH]n1. The zero-order chi connectivity index (χ0) is 5.98. The van der Waals surface area contributed by atoms with E-state index in [1.165, 1.54) is 13.1 Å². The highest BCUT2D eigenvalue weighted by Gasteiger charge is 1.97. The molecule has 1 N–H and O–H groups in total. The van der Waals surface area contributed by atoms with E-state index in [2.05, 4.69) is 16.3 Å². The van der Waals surface area contributed by atoms with E-state index < -0.39 is 0 Å². The maximum atomic E-state index is 10.4. The second-order valence-corrected chi connectivity index (χ2v) is 1.43. The number of aromatic amines is 1. The zero-order valence-electron chi connectivity index (χ0n) is 4.43. The Morgan fingerprint density at radius 1 is 2.00 bits per heavy atom. The van der Waals surface area contributed by atoms with Crippen LogP contribution in [0.15, 0.2) is 6.20 Å². The minimum absolute atomic E-state index is 0.0637. The van der Waals surface area contributed by atoms with Crippen LogP contribution in [0.3, 0.4) is 0 Å². The number of H-pyrrole nitrogens is 1. The highest BCUT2D eigenvalue weighted by Crippen LogP contribution is 1.88. The van der Waals surface area contributed by atoms with Crippen molar-refractivity contribution >= 4 is 5.78 Å². The van der Waals surface area contributed by atoms with Crippen LogP contribution in [-0.2, 0) is 0 Å². The molecule has 1 radical (unpaired) electrons. The summed E-state index contributed by atoms with van der Waals surface area (Å²) >= 11 is 0. The first-order chi connectivity index (χ1) is 3.80. The fourth-order valence-electron chi connectivity index (χ4n) is 0.410. The normalized spacial score (nSPS) is 9.12. The Kier molecular flexibility index (Phi) is 1.12. The van der Waals surface area contributed by atoms with Gasteiger partial charge in [-0.25, -0.2) is 0 Å². The van der Waals surface area contributed by atoms with Gasteiger partial charge in [0.15, 0.2) is 5.78 Å². The second kappa shape index (κ2) is 1.78. The van der Waals surface area contributed by atoms with E-state index in [4.69, 9.17) is 0 Å². The molecule has 0 atom stereocenters. The van der Waals surface area contributed by atoms with Crippen LogP contribution in [0.25, 0.3) is 0 Å². The van der Waals surface area contributed by atoms with Gasteiger partial charge in [-0.15, -0.1) is 0 Å². The van der Waals surface area contributed by atoms with E-state index in [0.29, 0.717) is 5.69 Å². The van der Waals surface area contributed by atoms with Crippen molar-refractivity contribution in [2.75, 3.05) is 0 Å². The molecule has 0 spiro atoms. The molecule has 0 unspecified atom stereocenters. The topological polar surface area (TPSA) is 45.8 Å². The van der Waals surface area contributed by atoms with Gasteiger partial charge in [0.25, 0.3) is 0 Å². The summed E-state index contributed by atoms with van der Waals surface area (Å²) in [5.41, 5.74) is 0.366. The number of Topliss-reactive ketones (excluding diaryl/α,β-unsaturated/α-hetero) is 1. The first-order valence-electron chi connectivity index (χ1n) is 2.23. The molecule has 0 bridgehead atoms. The lowest BCUT2D eigenvalue weighted by molar-refractivity contribution is 0.101. The molecular weight excluding hydrogens is 104 g/mol. The van der Waals surface area contributed by atoms with Crippen molar-refractivity contribution < 1.29 is 4.79 Å². The van der Waals surface area contributed by atoms with Crippen molar-refractivity contribution in [3.8, 4) is 0 Å². The molecule has 0 fully saturated rings. The minimum Gasteiger partial charge on any atom is -0.293 e. The lowest BCUT2D eigenvalue weighted by atomic mass is 10.3. The molecule has 1 aromatic rings. The Bertz CT molecular complexity index is 178. The van der Waals surface area contributed by atoms with E-state index in [1.807, 2.05) is 0 Å². The van der Waals surface area contributed by atoms with E-state index in [0.717, 1.165) is 0 Å². The Morgan fingerprint density at radius 2 is 2.75 bits per heavy atom. The molecule has 1 aromatic heterocycles. The molecule has 0 saturated carbocycles. The fraction of sp³-hybridized carbons (Fsp3) is 0.200. The molecule has 0 aromatic carbocycles. The Hall–Kier alpha value is -1.12. The maximum Gasteiger partial charge on any atom is 0.180 e. The van der Waals surface area contributed by atoms with Crippen molar-refractivity contribution in [2.45, 2.75) is 6.92 Å². The summed E-state index contributed by atoms with van der Waals surface area (Å²) in [6.45, 7) is 1.45. The molecule has 1 rings (SSSR count). The molecular formula is C5H5N2O. The first-order valence-corrected chi connectivity index (χ1v) is 2.23. The number of nitrogens with zero attached hydrogens (tertiary/aromatic N) is 1. The van der Waals surface area contributed by atoms with Crippen molar-refractivity contribution in [1.29, 1.82) is 0 Å². The average Bonchev–Trinajstić information content (AvgIpc) is 2.12. The Balaban J connectivity index is 2.93. The van der Waals surface area contributed by atoms with Gasteiger partial charge in [-0.1, -0.05) is 0 Å². The third-order valence-electron chi connectivity index (χ3n) is 0.783. The smallest absolute Gasteiger partial charge is 0.180 e. The average molecular weight is 109 g/mol. The number of hydrogen-bond donors (Lipinski definition) is 1. The van der Waals surface area contributed by atoms with Crippen LogP contribution in [0.1, 0.15) is 17.4 Å². The molecule has 41 valence electrons. The molecule has 0 aliphatic heterocycles. The van der Waals surface area contributed by atoms with Crippen molar-refractivity contribution in [2.24, 2.45) is 0 Å². The zero-order valence-corrected chi connectivity index (χ0v) is 4.43. The molecule has 0 aliphatic rings. The van der Waals surface area contributed by atoms with E-state index in [-0.39, 0.29) is 5.78 Å². The van der Waals surface area contributed by atoms with Gasteiger partial charge in [0.1, 0.15) is 5.69 Å². The predicted molar refractivity (Wildman–Crippen MR) is 27.4 cm³/mol. The summed E-state index contributed by atoms with van der Waals surface area (Å²) in [5, 5.41) is 6.07. The minimum atomic E-state index is -0.0637. The van der Waals surface area contributed by atoms with Gasteiger partial charge >= 0.3 is 0 Å². The van der Waals surface area contributed by atoms with Crippen LogP contribution in [0.4, 0.5) is 0 Å². The number of hydrogen-bond acceptors (Lipinski definition) is 2. The number of nitrogens with one attached hydrogen (secondary N) is 1. The summed E-state index contributed by atoms with van der Waals surface area (Å²) < 4.78 is 0. The molecule has 3 heteroatoms. The van der Waals surface area contributed by atoms with Crippen molar-refractivity contribution in [3.05, 3.63) is 18.0 Å². The third-order valence-corrected chi connectivity index (χ3v) is 0.783. The van der Waals surface area contributed by atoms with Gasteiger partial charge < -0.3 is 0 Å². The van der Waals surface area contributed by atoms with E-state index in [1.54, 1.807) is 0 Å². The molecule has 0 aliphatic carbocycles. The van der Waals surface area contributed by atoms with Crippen LogP contribution in [-0.4, -0.2) is 16.0 Å². The summed E-state index contributed by atoms with van der Waals surface area (Å²) in [4.78, 5) is 10.4. The van der Waals surface area contributed by atoms with Crippen molar-refractivity contribution in [3.63, 3.8) is 0 Å². The van der Waals surface area contributed by atoms with Crippen molar-refractivity contribution in [1.82, 2.24) is 10.2 Å². The molecule has 8 heavy (non-hydrogen) atoms. The highest BCUT2D eigenvalue weighted by molar-refractivity contribution is 5.91. The summed E-state index contributed by atoms with van der Waals surface area (Å²) in [6, 6.07) is 2.62. The second-order valence-electron chi connectivity index (χ2n) is 1.43. The molecule has 0 amide bonds. The number of carbonyl (C=O) groups excluding carboxylic acids is 1. The highest BCUT2D eigenvalue weighted by atomic mass is 16.1. The predicted octanol–water partition coefficient (Wildman–Crippen LogP) is 0.412. The molecule has 3 nitrogen and oxygen atoms in total. The standard InChI is InChI=1S/C5H5N2O/c1-4(8)5-2-3-6-7-5/h3H,1H3,(H,6,7). The number of rotatable bonds is 1. The monoisotopic (exact) mass is 109 g/mol. The third kappa shape index (κ3) is 0.753. The summed E-state index contributed by atoms with van der Waals surface area (Å²) in [5.74, 6) is -0.0637. The van der Waals surface area contributed by atoms with Crippen LogP contribution >= 0.6 is 0 Å². The molecule has 1 heterocycles. The van der Waals surface area contributed by atoms with Gasteiger partial charge in [0.05, 0.1) is 0 Å². The van der Waals surface area contributed by atoms with Crippen LogP contribution in [0.2, 0.25) is 0 Å². The van der Waals surface area contributed by atoms with E-state index >= 15 is 0 Å². The Labute approximate surface area is 46.7 Å². The number of carbonyl (C=O) groups is 1. The lowest BCUT2D eigenvalue weighted by Gasteiger charge is -1.77. The fourth-order valence-corrected chi connectivity index (χ4v) is 0.410. The van der Waals surface area contributed by atoms with Gasteiger partial charge in [-0.2, -0.15) is 5.10 Å². The van der Waals surface area contributed by atoms with Crippen LogP contribution in [0.5, 0.6) is 0 Å². The maximum absolute atomic E-state index is 10.4. The first kappa shape index (κ1) is 5.03. The van der Waals surface area contributed by atoms with Crippen LogP contribution < -0.4 is 0 Å². The van der Waals surface area contributed by atoms with Gasteiger partial charge in [0, 0.05) is 19.2 Å². The number of ketones is 1. The largest absolute Gasteiger partial charge is 0.293 e. The van der Waals surface area contributed by atoms with Crippen LogP contribution in [0, 0.1) is 6.07 Å². The summed E-state index contributed by atoms with van der Waals surface area (Å²) in [6.07, 6.45) is 1.50.